The molecule has 0 unspecified atom stereocenters. The molecule has 0 atom stereocenters. The fourth-order valence-electron chi connectivity index (χ4n) is 3.85. The van der Waals surface area contributed by atoms with Crippen LogP contribution in [0.3, 0.4) is 0 Å². The summed E-state index contributed by atoms with van der Waals surface area (Å²) in [5.74, 6) is -0.375. The molecule has 0 spiro atoms. The number of carbonyl (C=O) groups is 1. The fraction of sp³-hybridized carbons (Fsp3) is 0.318. The highest BCUT2D eigenvalue weighted by atomic mass is 32.2. The largest absolute Gasteiger partial charge is 0.358 e. The van der Waals surface area contributed by atoms with E-state index in [1.807, 2.05) is 25.1 Å². The Morgan fingerprint density at radius 1 is 1.10 bits per heavy atom. The smallest absolute Gasteiger partial charge is 0.243 e. The minimum absolute atomic E-state index is 0.211. The topological polar surface area (TPSA) is 82.3 Å². The first-order valence-electron chi connectivity index (χ1n) is 9.81. The van der Waals surface area contributed by atoms with Gasteiger partial charge in [0.2, 0.25) is 15.9 Å². The Labute approximate surface area is 171 Å². The molecule has 6 nitrogen and oxygen atoms in total. The maximum Gasteiger partial charge on any atom is 0.243 e. The van der Waals surface area contributed by atoms with Crippen LogP contribution in [0, 0.1) is 6.92 Å². The third-order valence-electron chi connectivity index (χ3n) is 5.48. The number of aryl methyl sites for hydroxylation is 3. The lowest BCUT2D eigenvalue weighted by Gasteiger charge is -2.17. The number of aromatic nitrogens is 1. The number of likely N-dealkylation sites (N-methyl/N-ethyl adjacent to an activating group) is 1. The molecule has 4 rings (SSSR count). The van der Waals surface area contributed by atoms with E-state index in [4.69, 9.17) is 0 Å². The van der Waals surface area contributed by atoms with Crippen molar-refractivity contribution in [2.75, 3.05) is 18.9 Å². The summed E-state index contributed by atoms with van der Waals surface area (Å²) in [6, 6.07) is 12.5. The predicted octanol–water partition coefficient (Wildman–Crippen LogP) is 3.61. The van der Waals surface area contributed by atoms with E-state index < -0.39 is 10.0 Å². The van der Waals surface area contributed by atoms with E-state index in [-0.39, 0.29) is 17.3 Å². The van der Waals surface area contributed by atoms with E-state index in [2.05, 4.69) is 10.3 Å². The molecule has 1 aliphatic carbocycles. The number of amides is 1. The predicted molar refractivity (Wildman–Crippen MR) is 115 cm³/mol. The summed E-state index contributed by atoms with van der Waals surface area (Å²) in [5, 5.41) is 3.71. The number of sulfonamides is 1. The fourth-order valence-corrected chi connectivity index (χ4v) is 5.00. The lowest BCUT2D eigenvalue weighted by molar-refractivity contribution is -0.116. The van der Waals surface area contributed by atoms with Gasteiger partial charge in [0.15, 0.2) is 0 Å². The van der Waals surface area contributed by atoms with Gasteiger partial charge in [0, 0.05) is 29.3 Å². The molecule has 1 heterocycles. The number of nitrogens with one attached hydrogen (secondary N) is 2. The van der Waals surface area contributed by atoms with Crippen LogP contribution in [0.4, 0.5) is 5.69 Å². The van der Waals surface area contributed by atoms with Crippen LogP contribution < -0.4 is 5.32 Å². The minimum Gasteiger partial charge on any atom is -0.358 e. The van der Waals surface area contributed by atoms with Gasteiger partial charge in [0.1, 0.15) is 0 Å². The second kappa shape index (κ2) is 7.65. The van der Waals surface area contributed by atoms with Gasteiger partial charge in [-0.25, -0.2) is 8.42 Å². The molecule has 152 valence electrons. The lowest BCUT2D eigenvalue weighted by Crippen LogP contribution is -2.34. The van der Waals surface area contributed by atoms with Gasteiger partial charge in [0.25, 0.3) is 0 Å². The zero-order valence-corrected chi connectivity index (χ0v) is 17.5. The van der Waals surface area contributed by atoms with Crippen molar-refractivity contribution in [3.8, 4) is 0 Å². The van der Waals surface area contributed by atoms with Crippen molar-refractivity contribution in [2.24, 2.45) is 0 Å². The number of nitrogens with zero attached hydrogens (tertiary/aromatic N) is 1. The monoisotopic (exact) mass is 411 g/mol. The number of H-pyrrole nitrogens is 1. The minimum atomic E-state index is -3.77. The number of carbonyl (C=O) groups excluding carboxylic acids is 1. The van der Waals surface area contributed by atoms with Gasteiger partial charge in [0.05, 0.1) is 11.4 Å². The maximum absolute atomic E-state index is 13.0. The van der Waals surface area contributed by atoms with Crippen molar-refractivity contribution < 1.29 is 13.2 Å². The number of hydrogen-bond donors (Lipinski definition) is 2. The van der Waals surface area contributed by atoms with Crippen LogP contribution in [0.1, 0.15) is 29.7 Å². The van der Waals surface area contributed by atoms with Gasteiger partial charge in [-0.3, -0.25) is 4.79 Å². The third kappa shape index (κ3) is 3.93. The summed E-state index contributed by atoms with van der Waals surface area (Å²) in [5.41, 5.74) is 5.14. The molecular weight excluding hydrogens is 386 g/mol. The quantitative estimate of drug-likeness (QED) is 0.673. The highest BCUT2D eigenvalue weighted by Gasteiger charge is 2.25. The molecule has 0 aliphatic heterocycles. The molecule has 2 aromatic carbocycles. The lowest BCUT2D eigenvalue weighted by atomic mass is 9.96. The van der Waals surface area contributed by atoms with Crippen molar-refractivity contribution in [2.45, 2.75) is 37.5 Å². The molecule has 1 aliphatic rings. The number of fused-ring (bicyclic) bond motifs is 3. The van der Waals surface area contributed by atoms with Crippen molar-refractivity contribution in [1.82, 2.24) is 9.29 Å². The van der Waals surface area contributed by atoms with E-state index >= 15 is 0 Å². The van der Waals surface area contributed by atoms with Crippen LogP contribution in [-0.4, -0.2) is 37.2 Å². The van der Waals surface area contributed by atoms with Gasteiger partial charge >= 0.3 is 0 Å². The highest BCUT2D eigenvalue weighted by Crippen LogP contribution is 2.31. The third-order valence-corrected chi connectivity index (χ3v) is 7.28. The Balaban J connectivity index is 1.54. The number of rotatable bonds is 5. The van der Waals surface area contributed by atoms with Crippen LogP contribution >= 0.6 is 0 Å². The van der Waals surface area contributed by atoms with Crippen LogP contribution in [0.5, 0.6) is 0 Å². The van der Waals surface area contributed by atoms with E-state index in [1.165, 1.54) is 18.3 Å². The molecule has 1 aromatic heterocycles. The van der Waals surface area contributed by atoms with Gasteiger partial charge < -0.3 is 10.3 Å². The summed E-state index contributed by atoms with van der Waals surface area (Å²) in [7, 11) is -2.34. The molecule has 1 amide bonds. The summed E-state index contributed by atoms with van der Waals surface area (Å²) in [6.45, 7) is 1.71. The van der Waals surface area contributed by atoms with Crippen molar-refractivity contribution in [1.29, 1.82) is 0 Å². The Morgan fingerprint density at radius 2 is 1.83 bits per heavy atom. The second-order valence-electron chi connectivity index (χ2n) is 7.67. The molecule has 7 heteroatoms. The molecule has 2 N–H and O–H groups in total. The van der Waals surface area contributed by atoms with Crippen LogP contribution in [0.25, 0.3) is 10.9 Å². The van der Waals surface area contributed by atoms with Crippen LogP contribution in [0.2, 0.25) is 0 Å². The molecule has 0 saturated carbocycles. The average Bonchev–Trinajstić information content (AvgIpc) is 3.07. The zero-order valence-electron chi connectivity index (χ0n) is 16.7. The van der Waals surface area contributed by atoms with Crippen LogP contribution in [-0.2, 0) is 27.7 Å². The molecule has 29 heavy (non-hydrogen) atoms. The normalized spacial score (nSPS) is 14.2. The number of hydrogen-bond acceptors (Lipinski definition) is 3. The van der Waals surface area contributed by atoms with Gasteiger partial charge in [-0.1, -0.05) is 17.7 Å². The molecule has 0 radical (unpaired) electrons. The standard InChI is InChI=1S/C22H25N3O3S/c1-15-7-9-16(10-8-15)23-22(26)14-25(2)29(27,28)17-11-12-21-19(13-17)18-5-3-4-6-20(18)24-21/h7-13,24H,3-6,14H2,1-2H3,(H,23,26). The number of anilines is 1. The molecular formula is C22H25N3O3S. The molecule has 0 fully saturated rings. The summed E-state index contributed by atoms with van der Waals surface area (Å²) in [6.07, 6.45) is 4.25. The number of aromatic amines is 1. The molecule has 0 bridgehead atoms. The van der Waals surface area contributed by atoms with Crippen molar-refractivity contribution in [3.05, 3.63) is 59.3 Å². The van der Waals surface area contributed by atoms with Crippen molar-refractivity contribution >= 4 is 32.5 Å². The molecule has 3 aromatic rings. The van der Waals surface area contributed by atoms with Crippen molar-refractivity contribution in [3.63, 3.8) is 0 Å². The zero-order chi connectivity index (χ0) is 20.6. The van der Waals surface area contributed by atoms with Gasteiger partial charge in [-0.2, -0.15) is 4.31 Å². The summed E-state index contributed by atoms with van der Waals surface area (Å²) >= 11 is 0. The first-order valence-corrected chi connectivity index (χ1v) is 11.2. The van der Waals surface area contributed by atoms with E-state index in [9.17, 15) is 13.2 Å². The molecule has 0 saturated heterocycles. The SMILES string of the molecule is Cc1ccc(NC(=O)CN(C)S(=O)(=O)c2ccc3[nH]c4c(c3c2)CCCC4)cc1. The van der Waals surface area contributed by atoms with E-state index in [0.29, 0.717) is 5.69 Å². The van der Waals surface area contributed by atoms with E-state index in [1.54, 1.807) is 24.3 Å². The van der Waals surface area contributed by atoms with E-state index in [0.717, 1.165) is 46.5 Å². The summed E-state index contributed by atoms with van der Waals surface area (Å²) in [4.78, 5) is 16.0. The average molecular weight is 412 g/mol. The Morgan fingerprint density at radius 3 is 2.59 bits per heavy atom. The summed E-state index contributed by atoms with van der Waals surface area (Å²) < 4.78 is 27.2. The number of benzene rings is 2. The second-order valence-corrected chi connectivity index (χ2v) is 9.72. The maximum atomic E-state index is 13.0. The van der Waals surface area contributed by atoms with Gasteiger partial charge in [-0.05, 0) is 68.5 Å². The first kappa shape index (κ1) is 19.7. The van der Waals surface area contributed by atoms with Gasteiger partial charge in [-0.15, -0.1) is 0 Å². The Kier molecular flexibility index (Phi) is 5.19. The Hall–Kier alpha value is -2.64. The Bertz CT molecular complexity index is 1160. The first-order chi connectivity index (χ1) is 13.8. The highest BCUT2D eigenvalue weighted by molar-refractivity contribution is 7.89. The van der Waals surface area contributed by atoms with Crippen LogP contribution in [0.15, 0.2) is 47.4 Å².